The summed E-state index contributed by atoms with van der Waals surface area (Å²) in [7, 11) is 3.85. The van der Waals surface area contributed by atoms with Crippen molar-refractivity contribution in [1.29, 1.82) is 0 Å². The average molecular weight is 265 g/mol. The third-order valence-corrected chi connectivity index (χ3v) is 3.82. The molecule has 1 aliphatic heterocycles. The van der Waals surface area contributed by atoms with Crippen LogP contribution in [0, 0.1) is 13.8 Å². The van der Waals surface area contributed by atoms with Crippen molar-refractivity contribution in [3.05, 3.63) is 11.4 Å². The van der Waals surface area contributed by atoms with E-state index in [1.54, 1.807) is 4.68 Å². The van der Waals surface area contributed by atoms with Gasteiger partial charge in [-0.05, 0) is 27.3 Å². The molecule has 0 radical (unpaired) electrons. The first-order valence-corrected chi connectivity index (χ1v) is 6.71. The Morgan fingerprint density at radius 3 is 2.74 bits per heavy atom. The van der Waals surface area contributed by atoms with Gasteiger partial charge in [0.1, 0.15) is 0 Å². The lowest BCUT2D eigenvalue weighted by Crippen LogP contribution is -2.34. The minimum atomic E-state index is 0.0379. The number of amides is 1. The number of aromatic nitrogens is 2. The smallest absolute Gasteiger partial charge is 0.238 e. The molecule has 0 aromatic carbocycles. The zero-order chi connectivity index (χ0) is 14.0. The summed E-state index contributed by atoms with van der Waals surface area (Å²) in [5.74, 6) is 0.0379. The van der Waals surface area contributed by atoms with Crippen molar-refractivity contribution >= 4 is 11.6 Å². The Balaban J connectivity index is 1.91. The van der Waals surface area contributed by atoms with Crippen molar-refractivity contribution in [2.24, 2.45) is 7.05 Å². The third kappa shape index (κ3) is 3.13. The van der Waals surface area contributed by atoms with Crippen molar-refractivity contribution < 1.29 is 4.79 Å². The normalized spacial score (nSPS) is 19.9. The highest BCUT2D eigenvalue weighted by atomic mass is 16.2. The van der Waals surface area contributed by atoms with Gasteiger partial charge in [-0.15, -0.1) is 0 Å². The fraction of sp³-hybridized carbons (Fsp3) is 0.692. The molecule has 6 nitrogen and oxygen atoms in total. The Kier molecular flexibility index (Phi) is 4.21. The Bertz CT molecular complexity index is 468. The van der Waals surface area contributed by atoms with Gasteiger partial charge in [-0.3, -0.25) is 14.4 Å². The van der Waals surface area contributed by atoms with E-state index in [-0.39, 0.29) is 5.91 Å². The summed E-state index contributed by atoms with van der Waals surface area (Å²) in [5, 5.41) is 10.5. The highest BCUT2D eigenvalue weighted by Crippen LogP contribution is 2.18. The highest BCUT2D eigenvalue weighted by Gasteiger charge is 2.23. The third-order valence-electron chi connectivity index (χ3n) is 3.82. The number of carbonyl (C=O) groups excluding carboxylic acids is 1. The largest absolute Gasteiger partial charge is 0.322 e. The second-order valence-corrected chi connectivity index (χ2v) is 5.23. The number of nitrogens with zero attached hydrogens (tertiary/aromatic N) is 3. The maximum absolute atomic E-state index is 12.1. The SMILES string of the molecule is CNC1CCN(CC(=O)Nc2c(C)nn(C)c2C)C1. The molecule has 1 amide bonds. The summed E-state index contributed by atoms with van der Waals surface area (Å²) in [5.41, 5.74) is 2.69. The summed E-state index contributed by atoms with van der Waals surface area (Å²) in [6, 6.07) is 0.509. The Morgan fingerprint density at radius 1 is 1.47 bits per heavy atom. The second-order valence-electron chi connectivity index (χ2n) is 5.23. The molecule has 1 aliphatic rings. The lowest BCUT2D eigenvalue weighted by Gasteiger charge is -2.15. The molecule has 6 heteroatoms. The number of aryl methyl sites for hydroxylation is 2. The van der Waals surface area contributed by atoms with Crippen LogP contribution in [-0.2, 0) is 11.8 Å². The first-order chi connectivity index (χ1) is 9.01. The van der Waals surface area contributed by atoms with Crippen LogP contribution in [0.5, 0.6) is 0 Å². The zero-order valence-electron chi connectivity index (χ0n) is 12.2. The highest BCUT2D eigenvalue weighted by molar-refractivity contribution is 5.93. The summed E-state index contributed by atoms with van der Waals surface area (Å²) in [4.78, 5) is 14.2. The number of likely N-dealkylation sites (tertiary alicyclic amines) is 1. The van der Waals surface area contributed by atoms with Crippen molar-refractivity contribution in [3.8, 4) is 0 Å². The minimum Gasteiger partial charge on any atom is -0.322 e. The Morgan fingerprint density at radius 2 is 2.21 bits per heavy atom. The van der Waals surface area contributed by atoms with E-state index in [0.717, 1.165) is 36.6 Å². The molecular formula is C13H23N5O. The lowest BCUT2D eigenvalue weighted by atomic mass is 10.3. The maximum Gasteiger partial charge on any atom is 0.238 e. The molecule has 0 saturated carbocycles. The van der Waals surface area contributed by atoms with Crippen molar-refractivity contribution in [2.45, 2.75) is 26.3 Å². The van der Waals surface area contributed by atoms with Gasteiger partial charge in [0.15, 0.2) is 0 Å². The van der Waals surface area contributed by atoms with Crippen molar-refractivity contribution in [2.75, 3.05) is 32.0 Å². The van der Waals surface area contributed by atoms with Crippen LogP contribution in [0.3, 0.4) is 0 Å². The van der Waals surface area contributed by atoms with Gasteiger partial charge >= 0.3 is 0 Å². The van der Waals surface area contributed by atoms with Gasteiger partial charge in [-0.2, -0.15) is 5.10 Å². The molecule has 2 heterocycles. The Hall–Kier alpha value is -1.40. The zero-order valence-corrected chi connectivity index (χ0v) is 12.2. The molecule has 1 unspecified atom stereocenters. The number of hydrogen-bond donors (Lipinski definition) is 2. The van der Waals surface area contributed by atoms with Crippen LogP contribution in [0.4, 0.5) is 5.69 Å². The van der Waals surface area contributed by atoms with Crippen LogP contribution in [0.15, 0.2) is 0 Å². The van der Waals surface area contributed by atoms with Crippen LogP contribution in [0.2, 0.25) is 0 Å². The molecule has 1 saturated heterocycles. The first-order valence-electron chi connectivity index (χ1n) is 6.71. The molecule has 1 aromatic rings. The number of likely N-dealkylation sites (N-methyl/N-ethyl adjacent to an activating group) is 1. The van der Waals surface area contributed by atoms with Crippen molar-refractivity contribution in [3.63, 3.8) is 0 Å². The number of anilines is 1. The maximum atomic E-state index is 12.1. The summed E-state index contributed by atoms with van der Waals surface area (Å²) in [6.07, 6.45) is 1.11. The van der Waals surface area contributed by atoms with Crippen molar-refractivity contribution in [1.82, 2.24) is 20.0 Å². The molecule has 2 rings (SSSR count). The molecular weight excluding hydrogens is 242 g/mol. The van der Waals surface area contributed by atoms with E-state index in [9.17, 15) is 4.79 Å². The number of hydrogen-bond acceptors (Lipinski definition) is 4. The molecule has 1 fully saturated rings. The molecule has 0 spiro atoms. The van der Waals surface area contributed by atoms with Gasteiger partial charge in [0.25, 0.3) is 0 Å². The van der Waals surface area contributed by atoms with E-state index < -0.39 is 0 Å². The summed E-state index contributed by atoms with van der Waals surface area (Å²) in [6.45, 7) is 6.24. The predicted octanol–water partition coefficient (Wildman–Crippen LogP) is 0.269. The molecule has 0 aliphatic carbocycles. The number of nitrogens with one attached hydrogen (secondary N) is 2. The van der Waals surface area contributed by atoms with Crippen LogP contribution in [0.25, 0.3) is 0 Å². The fourth-order valence-corrected chi connectivity index (χ4v) is 2.55. The fourth-order valence-electron chi connectivity index (χ4n) is 2.55. The van der Waals surface area contributed by atoms with Crippen LogP contribution in [-0.4, -0.2) is 53.3 Å². The molecule has 19 heavy (non-hydrogen) atoms. The van der Waals surface area contributed by atoms with Crippen LogP contribution >= 0.6 is 0 Å². The number of carbonyl (C=O) groups is 1. The Labute approximate surface area is 114 Å². The van der Waals surface area contributed by atoms with Gasteiger partial charge < -0.3 is 10.6 Å². The molecule has 2 N–H and O–H groups in total. The lowest BCUT2D eigenvalue weighted by molar-refractivity contribution is -0.117. The van der Waals surface area contributed by atoms with E-state index in [4.69, 9.17) is 0 Å². The second kappa shape index (κ2) is 5.71. The minimum absolute atomic E-state index is 0.0379. The van der Waals surface area contributed by atoms with E-state index >= 15 is 0 Å². The van der Waals surface area contributed by atoms with Crippen LogP contribution in [0.1, 0.15) is 17.8 Å². The van der Waals surface area contributed by atoms with Gasteiger partial charge in [-0.25, -0.2) is 0 Å². The monoisotopic (exact) mass is 265 g/mol. The quantitative estimate of drug-likeness (QED) is 0.820. The topological polar surface area (TPSA) is 62.2 Å². The van der Waals surface area contributed by atoms with Gasteiger partial charge in [-0.1, -0.05) is 0 Å². The predicted molar refractivity (Wildman–Crippen MR) is 75.2 cm³/mol. The average Bonchev–Trinajstić information content (AvgIpc) is 2.90. The summed E-state index contributed by atoms with van der Waals surface area (Å²) < 4.78 is 1.79. The molecule has 106 valence electrons. The molecule has 1 atom stereocenters. The van der Waals surface area contributed by atoms with E-state index in [0.29, 0.717) is 12.6 Å². The van der Waals surface area contributed by atoms with E-state index in [1.165, 1.54) is 0 Å². The van der Waals surface area contributed by atoms with E-state index in [1.807, 2.05) is 27.9 Å². The van der Waals surface area contributed by atoms with E-state index in [2.05, 4.69) is 20.6 Å². The standard InChI is InChI=1S/C13H23N5O/c1-9-13(10(2)17(4)16-9)15-12(19)8-18-6-5-11(7-18)14-3/h11,14H,5-8H2,1-4H3,(H,15,19). The van der Waals surface area contributed by atoms with Gasteiger partial charge in [0, 0.05) is 26.2 Å². The molecule has 1 aromatic heterocycles. The van der Waals surface area contributed by atoms with Crippen LogP contribution < -0.4 is 10.6 Å². The number of rotatable bonds is 4. The van der Waals surface area contributed by atoms with Gasteiger partial charge in [0.05, 0.1) is 23.6 Å². The van der Waals surface area contributed by atoms with Gasteiger partial charge in [0.2, 0.25) is 5.91 Å². The molecule has 0 bridgehead atoms. The first kappa shape index (κ1) is 14.0. The summed E-state index contributed by atoms with van der Waals surface area (Å²) >= 11 is 0.